The number of amides is 1. The predicted octanol–water partition coefficient (Wildman–Crippen LogP) is 5.56. The fraction of sp³-hybridized carbons (Fsp3) is 0.286. The number of carbonyl (C=O) groups is 1. The Morgan fingerprint density at radius 2 is 1.70 bits per heavy atom. The topological polar surface area (TPSA) is 47.4 Å². The molecule has 1 amide bonds. The Morgan fingerprint density at radius 3 is 2.48 bits per heavy atom. The summed E-state index contributed by atoms with van der Waals surface area (Å²) in [6.07, 6.45) is 0.468. The van der Waals surface area contributed by atoms with E-state index in [1.807, 2.05) is 41.3 Å². The number of aromatic nitrogens is 2. The van der Waals surface area contributed by atoms with Crippen LogP contribution >= 0.6 is 0 Å². The second-order valence-electron chi connectivity index (χ2n) is 8.97. The van der Waals surface area contributed by atoms with Gasteiger partial charge >= 0.3 is 0 Å². The SMILES string of the molecule is Cc1cc(C)cc(OCCn2c([C@@H]3CC(=O)N(c4ccccc4C)C3)nc3ccccc32)c1. The first-order valence-corrected chi connectivity index (χ1v) is 11.5. The Morgan fingerprint density at radius 1 is 0.970 bits per heavy atom. The number of imidazole rings is 1. The molecule has 1 fully saturated rings. The lowest BCUT2D eigenvalue weighted by atomic mass is 10.1. The molecule has 1 saturated heterocycles. The van der Waals surface area contributed by atoms with Gasteiger partial charge in [-0.1, -0.05) is 36.4 Å². The molecule has 0 spiro atoms. The van der Waals surface area contributed by atoms with E-state index in [9.17, 15) is 4.79 Å². The van der Waals surface area contributed by atoms with Gasteiger partial charge in [0.15, 0.2) is 0 Å². The fourth-order valence-corrected chi connectivity index (χ4v) is 4.89. The van der Waals surface area contributed by atoms with Gasteiger partial charge in [0, 0.05) is 24.6 Å². The van der Waals surface area contributed by atoms with E-state index in [1.165, 1.54) is 11.1 Å². The quantitative estimate of drug-likeness (QED) is 0.395. The molecule has 33 heavy (non-hydrogen) atoms. The van der Waals surface area contributed by atoms with Crippen LogP contribution in [0, 0.1) is 20.8 Å². The molecule has 5 nitrogen and oxygen atoms in total. The standard InChI is InChI=1S/C28H29N3O2/c1-19-14-20(2)16-23(15-19)33-13-12-30-26-11-7-5-9-24(26)29-28(30)22-17-27(32)31(18-22)25-10-6-4-8-21(25)3/h4-11,14-16,22H,12-13,17-18H2,1-3H3/t22-/m1/s1. The summed E-state index contributed by atoms with van der Waals surface area (Å²) in [6, 6.07) is 22.5. The maximum Gasteiger partial charge on any atom is 0.227 e. The summed E-state index contributed by atoms with van der Waals surface area (Å²) >= 11 is 0. The molecule has 3 aromatic carbocycles. The highest BCUT2D eigenvalue weighted by molar-refractivity contribution is 5.97. The van der Waals surface area contributed by atoms with E-state index in [-0.39, 0.29) is 11.8 Å². The molecule has 5 heteroatoms. The zero-order valence-corrected chi connectivity index (χ0v) is 19.4. The molecule has 168 valence electrons. The highest BCUT2D eigenvalue weighted by atomic mass is 16.5. The van der Waals surface area contributed by atoms with Crippen molar-refractivity contribution >= 4 is 22.6 Å². The molecule has 1 atom stereocenters. The van der Waals surface area contributed by atoms with Crippen molar-refractivity contribution in [3.8, 4) is 5.75 Å². The molecule has 1 aliphatic heterocycles. The van der Waals surface area contributed by atoms with E-state index in [2.05, 4.69) is 55.7 Å². The molecule has 5 rings (SSSR count). The van der Waals surface area contributed by atoms with Crippen molar-refractivity contribution in [2.75, 3.05) is 18.1 Å². The van der Waals surface area contributed by atoms with Crippen LogP contribution in [0.5, 0.6) is 5.75 Å². The zero-order chi connectivity index (χ0) is 22.9. The monoisotopic (exact) mass is 439 g/mol. The second-order valence-corrected chi connectivity index (χ2v) is 8.97. The Balaban J connectivity index is 1.41. The third-order valence-electron chi connectivity index (χ3n) is 6.36. The van der Waals surface area contributed by atoms with Gasteiger partial charge in [0.1, 0.15) is 18.2 Å². The van der Waals surface area contributed by atoms with Crippen molar-refractivity contribution < 1.29 is 9.53 Å². The Bertz CT molecular complexity index is 1300. The van der Waals surface area contributed by atoms with Crippen LogP contribution in [0.3, 0.4) is 0 Å². The van der Waals surface area contributed by atoms with Gasteiger partial charge in [-0.2, -0.15) is 0 Å². The second kappa shape index (κ2) is 8.74. The fourth-order valence-electron chi connectivity index (χ4n) is 4.89. The van der Waals surface area contributed by atoms with Crippen molar-refractivity contribution in [2.45, 2.75) is 39.7 Å². The van der Waals surface area contributed by atoms with Gasteiger partial charge in [-0.05, 0) is 67.8 Å². The number of hydrogen-bond donors (Lipinski definition) is 0. The Hall–Kier alpha value is -3.60. The molecular weight excluding hydrogens is 410 g/mol. The lowest BCUT2D eigenvalue weighted by Crippen LogP contribution is -2.25. The third kappa shape index (κ3) is 4.23. The summed E-state index contributed by atoms with van der Waals surface area (Å²) in [5, 5.41) is 0. The van der Waals surface area contributed by atoms with Gasteiger partial charge in [0.25, 0.3) is 0 Å². The molecule has 0 saturated carbocycles. The maximum absolute atomic E-state index is 13.0. The predicted molar refractivity (Wildman–Crippen MR) is 132 cm³/mol. The number of fused-ring (bicyclic) bond motifs is 1. The first kappa shape index (κ1) is 21.3. The van der Waals surface area contributed by atoms with Crippen LogP contribution in [-0.2, 0) is 11.3 Å². The summed E-state index contributed by atoms with van der Waals surface area (Å²) in [7, 11) is 0. The highest BCUT2D eigenvalue weighted by Crippen LogP contribution is 2.34. The molecule has 0 radical (unpaired) electrons. The highest BCUT2D eigenvalue weighted by Gasteiger charge is 2.35. The minimum Gasteiger partial charge on any atom is -0.492 e. The van der Waals surface area contributed by atoms with Crippen LogP contribution < -0.4 is 9.64 Å². The van der Waals surface area contributed by atoms with Crippen LogP contribution in [-0.4, -0.2) is 28.6 Å². The minimum absolute atomic E-state index is 0.0470. The Labute approximate surface area is 194 Å². The van der Waals surface area contributed by atoms with Crippen LogP contribution in [0.2, 0.25) is 0 Å². The van der Waals surface area contributed by atoms with E-state index in [1.54, 1.807) is 0 Å². The number of hydrogen-bond acceptors (Lipinski definition) is 3. The number of ether oxygens (including phenoxy) is 1. The van der Waals surface area contributed by atoms with Crippen molar-refractivity contribution in [1.82, 2.24) is 9.55 Å². The van der Waals surface area contributed by atoms with Crippen LogP contribution in [0.15, 0.2) is 66.7 Å². The lowest BCUT2D eigenvalue weighted by Gasteiger charge is -2.19. The molecule has 4 aromatic rings. The number of anilines is 1. The normalized spacial score (nSPS) is 16.0. The van der Waals surface area contributed by atoms with Gasteiger partial charge in [-0.15, -0.1) is 0 Å². The van der Waals surface area contributed by atoms with Crippen LogP contribution in [0.25, 0.3) is 11.0 Å². The number of carbonyl (C=O) groups excluding carboxylic acids is 1. The summed E-state index contributed by atoms with van der Waals surface area (Å²) in [5.74, 6) is 2.05. The number of rotatable bonds is 6. The molecular formula is C28H29N3O2. The molecule has 1 aliphatic rings. The zero-order valence-electron chi connectivity index (χ0n) is 19.4. The average Bonchev–Trinajstić information content (AvgIpc) is 3.34. The van der Waals surface area contributed by atoms with Gasteiger partial charge in [-0.25, -0.2) is 4.98 Å². The minimum atomic E-state index is 0.0470. The van der Waals surface area contributed by atoms with Crippen LogP contribution in [0.1, 0.15) is 34.9 Å². The third-order valence-corrected chi connectivity index (χ3v) is 6.36. The van der Waals surface area contributed by atoms with Crippen molar-refractivity contribution in [1.29, 1.82) is 0 Å². The smallest absolute Gasteiger partial charge is 0.227 e. The summed E-state index contributed by atoms with van der Waals surface area (Å²) < 4.78 is 8.34. The van der Waals surface area contributed by atoms with Crippen LogP contribution in [0.4, 0.5) is 5.69 Å². The molecule has 0 bridgehead atoms. The first-order valence-electron chi connectivity index (χ1n) is 11.5. The molecule has 2 heterocycles. The van der Waals surface area contributed by atoms with E-state index >= 15 is 0 Å². The number of nitrogens with zero attached hydrogens (tertiary/aromatic N) is 3. The number of benzene rings is 3. The number of aryl methyl sites for hydroxylation is 3. The van der Waals surface area contributed by atoms with E-state index < -0.39 is 0 Å². The van der Waals surface area contributed by atoms with Gasteiger partial charge in [0.05, 0.1) is 17.6 Å². The van der Waals surface area contributed by atoms with Gasteiger partial charge in [-0.3, -0.25) is 4.79 Å². The summed E-state index contributed by atoms with van der Waals surface area (Å²) in [5.41, 5.74) is 6.53. The van der Waals surface area contributed by atoms with Gasteiger partial charge < -0.3 is 14.2 Å². The molecule has 0 aliphatic carbocycles. The maximum atomic E-state index is 13.0. The van der Waals surface area contributed by atoms with E-state index in [0.717, 1.165) is 33.9 Å². The first-order chi connectivity index (χ1) is 16.0. The Kier molecular flexibility index (Phi) is 5.63. The molecule has 0 N–H and O–H groups in total. The summed E-state index contributed by atoms with van der Waals surface area (Å²) in [4.78, 5) is 19.8. The van der Waals surface area contributed by atoms with Crippen molar-refractivity contribution in [3.63, 3.8) is 0 Å². The molecule has 1 aromatic heterocycles. The van der Waals surface area contributed by atoms with E-state index in [4.69, 9.17) is 9.72 Å². The van der Waals surface area contributed by atoms with E-state index in [0.29, 0.717) is 26.1 Å². The average molecular weight is 440 g/mol. The summed E-state index contributed by atoms with van der Waals surface area (Å²) in [6.45, 7) is 8.08. The molecule has 0 unspecified atom stereocenters. The largest absolute Gasteiger partial charge is 0.492 e. The van der Waals surface area contributed by atoms with Gasteiger partial charge in [0.2, 0.25) is 5.91 Å². The lowest BCUT2D eigenvalue weighted by molar-refractivity contribution is -0.117. The van der Waals surface area contributed by atoms with Crippen molar-refractivity contribution in [3.05, 3.63) is 89.2 Å². The number of para-hydroxylation sites is 3. The van der Waals surface area contributed by atoms with Crippen molar-refractivity contribution in [2.24, 2.45) is 0 Å².